The van der Waals surface area contributed by atoms with Crippen LogP contribution >= 0.6 is 0 Å². The van der Waals surface area contributed by atoms with E-state index in [0.717, 1.165) is 11.1 Å². The lowest BCUT2D eigenvalue weighted by atomic mass is 10.2. The predicted molar refractivity (Wildman–Crippen MR) is 97.9 cm³/mol. The molecule has 0 bridgehead atoms. The molecule has 3 rings (SSSR count). The van der Waals surface area contributed by atoms with Crippen LogP contribution in [0.2, 0.25) is 0 Å². The van der Waals surface area contributed by atoms with Crippen molar-refractivity contribution in [2.24, 2.45) is 0 Å². The Morgan fingerprint density at radius 1 is 1.15 bits per heavy atom. The van der Waals surface area contributed by atoms with E-state index in [0.29, 0.717) is 11.3 Å². The average Bonchev–Trinajstić information content (AvgIpc) is 2.92. The molecule has 1 aromatic carbocycles. The van der Waals surface area contributed by atoms with Crippen LogP contribution in [0.1, 0.15) is 31.1 Å². The van der Waals surface area contributed by atoms with Gasteiger partial charge in [0, 0.05) is 23.5 Å². The summed E-state index contributed by atoms with van der Waals surface area (Å²) in [6.45, 7) is 5.38. The van der Waals surface area contributed by atoms with Crippen LogP contribution < -0.4 is 5.32 Å². The number of hydrogen-bond acceptors (Lipinski definition) is 4. The zero-order valence-corrected chi connectivity index (χ0v) is 14.7. The van der Waals surface area contributed by atoms with Gasteiger partial charge in [-0.15, -0.1) is 0 Å². The summed E-state index contributed by atoms with van der Waals surface area (Å²) >= 11 is 0. The van der Waals surface area contributed by atoms with E-state index in [1.165, 1.54) is 12.1 Å². The molecule has 0 aliphatic heterocycles. The van der Waals surface area contributed by atoms with Crippen LogP contribution in [0.5, 0.6) is 0 Å². The van der Waals surface area contributed by atoms with Crippen molar-refractivity contribution in [1.82, 2.24) is 9.55 Å². The fourth-order valence-electron chi connectivity index (χ4n) is 2.53. The molecule has 0 aliphatic carbocycles. The average molecular weight is 353 g/mol. The van der Waals surface area contributed by atoms with E-state index in [9.17, 15) is 9.59 Å². The maximum absolute atomic E-state index is 12.1. The molecule has 0 radical (unpaired) electrons. The molecule has 7 nitrogen and oxygen atoms in total. The molecule has 3 aromatic rings. The topological polar surface area (TPSA) is 93.5 Å². The molecule has 0 aliphatic rings. The molecule has 134 valence electrons. The van der Waals surface area contributed by atoms with Gasteiger partial charge in [0.2, 0.25) is 0 Å². The lowest BCUT2D eigenvalue weighted by Crippen LogP contribution is -2.27. The van der Waals surface area contributed by atoms with Gasteiger partial charge in [0.1, 0.15) is 11.2 Å². The second-order valence-electron chi connectivity index (χ2n) is 6.77. The Balaban J connectivity index is 1.99. The Bertz CT molecular complexity index is 969. The van der Waals surface area contributed by atoms with Crippen LogP contribution in [-0.2, 0) is 4.74 Å². The minimum absolute atomic E-state index is 0.199. The van der Waals surface area contributed by atoms with Gasteiger partial charge in [-0.25, -0.2) is 14.6 Å². The van der Waals surface area contributed by atoms with Crippen LogP contribution in [0.4, 0.5) is 10.5 Å². The summed E-state index contributed by atoms with van der Waals surface area (Å²) in [5, 5.41) is 12.5. The van der Waals surface area contributed by atoms with Crippen LogP contribution in [0.25, 0.3) is 16.7 Å². The number of rotatable bonds is 3. The second kappa shape index (κ2) is 6.51. The van der Waals surface area contributed by atoms with E-state index in [4.69, 9.17) is 9.84 Å². The van der Waals surface area contributed by atoms with Gasteiger partial charge in [0.05, 0.1) is 11.3 Å². The van der Waals surface area contributed by atoms with E-state index in [-0.39, 0.29) is 5.56 Å². The van der Waals surface area contributed by atoms with Crippen LogP contribution in [0, 0.1) is 0 Å². The Morgan fingerprint density at radius 2 is 1.85 bits per heavy atom. The van der Waals surface area contributed by atoms with Gasteiger partial charge in [0.25, 0.3) is 0 Å². The minimum Gasteiger partial charge on any atom is -0.478 e. The lowest BCUT2D eigenvalue weighted by Gasteiger charge is -2.19. The van der Waals surface area contributed by atoms with Gasteiger partial charge in [0.15, 0.2) is 0 Å². The summed E-state index contributed by atoms with van der Waals surface area (Å²) in [5.74, 6) is -0.987. The highest BCUT2D eigenvalue weighted by atomic mass is 16.6. The monoisotopic (exact) mass is 353 g/mol. The minimum atomic E-state index is -0.987. The number of benzene rings is 1. The maximum atomic E-state index is 12.1. The Kier molecular flexibility index (Phi) is 4.38. The number of ether oxygens (including phenoxy) is 1. The van der Waals surface area contributed by atoms with Crippen molar-refractivity contribution < 1.29 is 19.4 Å². The number of nitrogens with one attached hydrogen (secondary N) is 1. The summed E-state index contributed by atoms with van der Waals surface area (Å²) in [6.07, 6.45) is 2.83. The highest BCUT2D eigenvalue weighted by Crippen LogP contribution is 2.28. The second-order valence-corrected chi connectivity index (χ2v) is 6.77. The first kappa shape index (κ1) is 17.5. The van der Waals surface area contributed by atoms with Crippen molar-refractivity contribution in [3.8, 4) is 5.69 Å². The molecule has 0 saturated carbocycles. The molecule has 2 heterocycles. The number of pyridine rings is 1. The molecule has 0 fully saturated rings. The number of nitrogens with zero attached hydrogens (tertiary/aromatic N) is 2. The molecule has 2 aromatic heterocycles. The third kappa shape index (κ3) is 3.66. The van der Waals surface area contributed by atoms with E-state index >= 15 is 0 Å². The Hall–Kier alpha value is -3.35. The molecule has 0 unspecified atom stereocenters. The molecule has 0 spiro atoms. The summed E-state index contributed by atoms with van der Waals surface area (Å²) in [6, 6.07) is 10.0. The number of carboxylic acid groups (broad SMARTS) is 1. The van der Waals surface area contributed by atoms with Gasteiger partial charge in [-0.1, -0.05) is 0 Å². The highest BCUT2D eigenvalue weighted by molar-refractivity contribution is 5.99. The van der Waals surface area contributed by atoms with Crippen molar-refractivity contribution in [3.63, 3.8) is 0 Å². The van der Waals surface area contributed by atoms with Crippen LogP contribution in [0.15, 0.2) is 48.8 Å². The summed E-state index contributed by atoms with van der Waals surface area (Å²) in [5.41, 5.74) is 1.53. The third-order valence-corrected chi connectivity index (χ3v) is 3.59. The number of fused-ring (bicyclic) bond motifs is 1. The highest BCUT2D eigenvalue weighted by Gasteiger charge is 2.19. The fourth-order valence-corrected chi connectivity index (χ4v) is 2.53. The first-order valence-corrected chi connectivity index (χ1v) is 8.04. The molecular formula is C19H19N3O4. The normalized spacial score (nSPS) is 11.3. The van der Waals surface area contributed by atoms with Crippen molar-refractivity contribution in [2.75, 3.05) is 5.32 Å². The number of aromatic carboxylic acids is 1. The van der Waals surface area contributed by atoms with Gasteiger partial charge in [-0.05, 0) is 57.2 Å². The Morgan fingerprint density at radius 3 is 2.46 bits per heavy atom. The summed E-state index contributed by atoms with van der Waals surface area (Å²) in [4.78, 5) is 27.5. The first-order valence-electron chi connectivity index (χ1n) is 8.04. The number of amides is 1. The molecule has 26 heavy (non-hydrogen) atoms. The standard InChI is InChI=1S/C19H19N3O4/c1-19(2,3)26-18(25)21-15-11-22(16-14(15)5-4-10-20-16)13-8-6-12(7-9-13)17(23)24/h4-11H,1-3H3,(H,21,25)(H,23,24). The largest absolute Gasteiger partial charge is 0.478 e. The number of carbonyl (C=O) groups is 2. The molecule has 1 amide bonds. The van der Waals surface area contributed by atoms with Crippen molar-refractivity contribution >= 4 is 28.8 Å². The lowest BCUT2D eigenvalue weighted by molar-refractivity contribution is 0.0634. The third-order valence-electron chi connectivity index (χ3n) is 3.59. The fraction of sp³-hybridized carbons (Fsp3) is 0.211. The van der Waals surface area contributed by atoms with Gasteiger partial charge in [-0.2, -0.15) is 0 Å². The van der Waals surface area contributed by atoms with Gasteiger partial charge >= 0.3 is 12.1 Å². The molecule has 0 atom stereocenters. The van der Waals surface area contributed by atoms with E-state index < -0.39 is 17.7 Å². The van der Waals surface area contributed by atoms with E-state index in [2.05, 4.69) is 10.3 Å². The quantitative estimate of drug-likeness (QED) is 0.740. The number of hydrogen-bond donors (Lipinski definition) is 2. The van der Waals surface area contributed by atoms with Crippen molar-refractivity contribution in [1.29, 1.82) is 0 Å². The molecule has 7 heteroatoms. The predicted octanol–water partition coefficient (Wildman–Crippen LogP) is 4.07. The van der Waals surface area contributed by atoms with Crippen LogP contribution in [0.3, 0.4) is 0 Å². The van der Waals surface area contributed by atoms with E-state index in [1.807, 2.05) is 6.07 Å². The number of carboxylic acids is 1. The smallest absolute Gasteiger partial charge is 0.412 e. The van der Waals surface area contributed by atoms with Crippen molar-refractivity contribution in [2.45, 2.75) is 26.4 Å². The number of aromatic nitrogens is 2. The van der Waals surface area contributed by atoms with Gasteiger partial charge < -0.3 is 9.84 Å². The van der Waals surface area contributed by atoms with Gasteiger partial charge in [-0.3, -0.25) is 9.88 Å². The van der Waals surface area contributed by atoms with Crippen LogP contribution in [-0.4, -0.2) is 32.3 Å². The molecule has 0 saturated heterocycles. The zero-order valence-electron chi connectivity index (χ0n) is 14.7. The maximum Gasteiger partial charge on any atom is 0.412 e. The summed E-state index contributed by atoms with van der Waals surface area (Å²) < 4.78 is 7.09. The molecular weight excluding hydrogens is 334 g/mol. The number of anilines is 1. The summed E-state index contributed by atoms with van der Waals surface area (Å²) in [7, 11) is 0. The molecule has 2 N–H and O–H groups in total. The van der Waals surface area contributed by atoms with E-state index in [1.54, 1.807) is 55.9 Å². The first-order chi connectivity index (χ1) is 12.2. The Labute approximate surface area is 150 Å². The van der Waals surface area contributed by atoms with Crippen molar-refractivity contribution in [3.05, 3.63) is 54.4 Å². The number of carbonyl (C=O) groups excluding carboxylic acids is 1. The zero-order chi connectivity index (χ0) is 18.9. The SMILES string of the molecule is CC(C)(C)OC(=O)Nc1cn(-c2ccc(C(=O)O)cc2)c2ncccc12.